The van der Waals surface area contributed by atoms with E-state index in [1.165, 1.54) is 12.1 Å². The van der Waals surface area contributed by atoms with Crippen LogP contribution in [-0.4, -0.2) is 40.5 Å². The Hall–Kier alpha value is -4.24. The first-order valence-corrected chi connectivity index (χ1v) is 10.7. The lowest BCUT2D eigenvalue weighted by molar-refractivity contribution is -0.118. The van der Waals surface area contributed by atoms with E-state index in [1.807, 2.05) is 6.92 Å². The van der Waals surface area contributed by atoms with E-state index in [0.717, 1.165) is 5.69 Å². The molecule has 3 heterocycles. The van der Waals surface area contributed by atoms with Crippen LogP contribution in [0.15, 0.2) is 42.5 Å². The minimum atomic E-state index is -0.660. The summed E-state index contributed by atoms with van der Waals surface area (Å²) in [4.78, 5) is 40.6. The molecule has 1 aromatic heterocycles. The standard InChI is InChI=1S/C25H21FN4O4/c1-12-8-19-23(25(34)27-12)22(13-2-4-14(26)5-3-13)20(29-19)10-17-16-9-15(28-21(32)11-31)6-7-18(16)30-24(17)33/h2-7,9-10,12,29,31H,8,11H2,1H3,(H,27,34)(H,28,32)(H,30,33)/b17-10-. The molecule has 5 rings (SSSR count). The van der Waals surface area contributed by atoms with Gasteiger partial charge in [-0.15, -0.1) is 0 Å². The van der Waals surface area contributed by atoms with Gasteiger partial charge in [-0.25, -0.2) is 4.39 Å². The van der Waals surface area contributed by atoms with E-state index in [9.17, 15) is 18.8 Å². The number of aromatic nitrogens is 1. The zero-order valence-electron chi connectivity index (χ0n) is 18.2. The fraction of sp³-hybridized carbons (Fsp3) is 0.160. The maximum Gasteiger partial charge on any atom is 0.256 e. The highest BCUT2D eigenvalue weighted by molar-refractivity contribution is 6.35. The zero-order chi connectivity index (χ0) is 24.0. The molecule has 1 atom stereocenters. The Bertz CT molecular complexity index is 1370. The van der Waals surface area contributed by atoms with Crippen LogP contribution in [0, 0.1) is 5.82 Å². The molecule has 2 aliphatic heterocycles. The van der Waals surface area contributed by atoms with Crippen molar-refractivity contribution in [1.82, 2.24) is 10.3 Å². The van der Waals surface area contributed by atoms with Gasteiger partial charge in [0.1, 0.15) is 12.4 Å². The minimum Gasteiger partial charge on any atom is -0.387 e. The van der Waals surface area contributed by atoms with Crippen LogP contribution in [0.5, 0.6) is 0 Å². The third kappa shape index (κ3) is 3.75. The highest BCUT2D eigenvalue weighted by Crippen LogP contribution is 2.39. The van der Waals surface area contributed by atoms with E-state index in [-0.39, 0.29) is 17.9 Å². The number of amides is 3. The Morgan fingerprint density at radius 1 is 1.15 bits per heavy atom. The number of anilines is 2. The molecule has 3 aromatic rings. The number of hydrogen-bond acceptors (Lipinski definition) is 4. The molecule has 0 aliphatic carbocycles. The highest BCUT2D eigenvalue weighted by Gasteiger charge is 2.31. The number of rotatable bonds is 4. The number of halogens is 1. The molecule has 3 amide bonds. The Morgan fingerprint density at radius 3 is 2.65 bits per heavy atom. The summed E-state index contributed by atoms with van der Waals surface area (Å²) in [5.74, 6) is -1.54. The van der Waals surface area contributed by atoms with E-state index >= 15 is 0 Å². The van der Waals surface area contributed by atoms with E-state index in [2.05, 4.69) is 20.9 Å². The second-order valence-corrected chi connectivity index (χ2v) is 8.33. The minimum absolute atomic E-state index is 0.0616. The van der Waals surface area contributed by atoms with Gasteiger partial charge in [0.15, 0.2) is 0 Å². The molecule has 0 saturated heterocycles. The molecule has 0 spiro atoms. The number of hydrogen-bond donors (Lipinski definition) is 5. The zero-order valence-corrected chi connectivity index (χ0v) is 18.2. The summed E-state index contributed by atoms with van der Waals surface area (Å²) in [6.45, 7) is 1.24. The highest BCUT2D eigenvalue weighted by atomic mass is 19.1. The van der Waals surface area contributed by atoms with Crippen molar-refractivity contribution in [3.8, 4) is 11.1 Å². The number of fused-ring (bicyclic) bond motifs is 2. The molecule has 1 unspecified atom stereocenters. The van der Waals surface area contributed by atoms with Crippen LogP contribution in [0.2, 0.25) is 0 Å². The maximum absolute atomic E-state index is 13.6. The summed E-state index contributed by atoms with van der Waals surface area (Å²) < 4.78 is 13.6. The number of nitrogens with one attached hydrogen (secondary N) is 4. The van der Waals surface area contributed by atoms with E-state index in [4.69, 9.17) is 5.11 Å². The van der Waals surface area contributed by atoms with Gasteiger partial charge in [0.25, 0.3) is 11.8 Å². The fourth-order valence-electron chi connectivity index (χ4n) is 4.41. The first-order valence-electron chi connectivity index (χ1n) is 10.7. The number of carbonyl (C=O) groups excluding carboxylic acids is 3. The van der Waals surface area contributed by atoms with Crippen LogP contribution in [0.25, 0.3) is 22.8 Å². The van der Waals surface area contributed by atoms with Crippen LogP contribution >= 0.6 is 0 Å². The second kappa shape index (κ2) is 8.27. The van der Waals surface area contributed by atoms with Crippen LogP contribution in [0.3, 0.4) is 0 Å². The molecule has 172 valence electrons. The number of aliphatic hydroxyl groups excluding tert-OH is 1. The van der Waals surface area contributed by atoms with Crippen molar-refractivity contribution >= 4 is 40.7 Å². The lowest BCUT2D eigenvalue weighted by atomic mass is 9.94. The van der Waals surface area contributed by atoms with Gasteiger partial charge in [-0.05, 0) is 48.9 Å². The lowest BCUT2D eigenvalue weighted by Gasteiger charge is -2.20. The second-order valence-electron chi connectivity index (χ2n) is 8.33. The van der Waals surface area contributed by atoms with Gasteiger partial charge in [0.05, 0.1) is 11.1 Å². The Kier molecular flexibility index (Phi) is 5.25. The summed E-state index contributed by atoms with van der Waals surface area (Å²) in [5.41, 5.74) is 4.88. The number of aliphatic hydroxyl groups is 1. The van der Waals surface area contributed by atoms with Crippen LogP contribution in [0.1, 0.15) is 34.2 Å². The molecule has 2 aromatic carbocycles. The molecular weight excluding hydrogens is 439 g/mol. The third-order valence-corrected chi connectivity index (χ3v) is 5.87. The smallest absolute Gasteiger partial charge is 0.256 e. The first kappa shape index (κ1) is 21.6. The monoisotopic (exact) mass is 460 g/mol. The molecule has 0 saturated carbocycles. The van der Waals surface area contributed by atoms with E-state index in [0.29, 0.717) is 51.3 Å². The summed E-state index contributed by atoms with van der Waals surface area (Å²) in [6.07, 6.45) is 2.24. The van der Waals surface area contributed by atoms with Crippen molar-refractivity contribution in [2.45, 2.75) is 19.4 Å². The molecule has 8 nitrogen and oxygen atoms in total. The predicted octanol–water partition coefficient (Wildman–Crippen LogP) is 2.92. The molecular formula is C25H21FN4O4. The number of carbonyl (C=O) groups is 3. The van der Waals surface area contributed by atoms with Gasteiger partial charge in [-0.1, -0.05) is 12.1 Å². The number of H-pyrrole nitrogens is 1. The van der Waals surface area contributed by atoms with E-state index < -0.39 is 18.3 Å². The Balaban J connectivity index is 1.66. The average Bonchev–Trinajstić information content (AvgIpc) is 3.31. The SMILES string of the molecule is CC1Cc2[nH]c(/C=C3\C(=O)Nc4ccc(NC(=O)CO)cc43)c(-c3ccc(F)cc3)c2C(=O)N1. The Morgan fingerprint density at radius 2 is 1.91 bits per heavy atom. The van der Waals surface area contributed by atoms with Crippen LogP contribution < -0.4 is 16.0 Å². The van der Waals surface area contributed by atoms with Crippen molar-refractivity contribution < 1.29 is 23.9 Å². The average molecular weight is 460 g/mol. The predicted molar refractivity (Wildman–Crippen MR) is 125 cm³/mol. The summed E-state index contributed by atoms with van der Waals surface area (Å²) >= 11 is 0. The van der Waals surface area contributed by atoms with Crippen molar-refractivity contribution in [1.29, 1.82) is 0 Å². The van der Waals surface area contributed by atoms with Gasteiger partial charge in [-0.3, -0.25) is 14.4 Å². The summed E-state index contributed by atoms with van der Waals surface area (Å²) in [5, 5.41) is 17.3. The van der Waals surface area contributed by atoms with Crippen molar-refractivity contribution in [2.24, 2.45) is 0 Å². The largest absolute Gasteiger partial charge is 0.387 e. The lowest BCUT2D eigenvalue weighted by Crippen LogP contribution is -2.39. The van der Waals surface area contributed by atoms with Gasteiger partial charge in [0.2, 0.25) is 5.91 Å². The van der Waals surface area contributed by atoms with Gasteiger partial charge >= 0.3 is 0 Å². The molecule has 0 bridgehead atoms. The van der Waals surface area contributed by atoms with E-state index in [1.54, 1.807) is 36.4 Å². The molecule has 34 heavy (non-hydrogen) atoms. The summed E-state index contributed by atoms with van der Waals surface area (Å²) in [6, 6.07) is 10.7. The number of aromatic amines is 1. The molecule has 5 N–H and O–H groups in total. The van der Waals surface area contributed by atoms with Crippen LogP contribution in [-0.2, 0) is 16.0 Å². The fourth-order valence-corrected chi connectivity index (χ4v) is 4.41. The normalized spacial score (nSPS) is 17.7. The molecule has 9 heteroatoms. The van der Waals surface area contributed by atoms with Crippen LogP contribution in [0.4, 0.5) is 15.8 Å². The maximum atomic E-state index is 13.6. The van der Waals surface area contributed by atoms with Gasteiger partial charge < -0.3 is 26.0 Å². The van der Waals surface area contributed by atoms with Gasteiger partial charge in [0, 0.05) is 46.4 Å². The quantitative estimate of drug-likeness (QED) is 0.384. The van der Waals surface area contributed by atoms with Crippen molar-refractivity contribution in [2.75, 3.05) is 17.2 Å². The summed E-state index contributed by atoms with van der Waals surface area (Å²) in [7, 11) is 0. The molecule has 0 fully saturated rings. The number of benzene rings is 2. The Labute approximate surface area is 193 Å². The molecule has 2 aliphatic rings. The van der Waals surface area contributed by atoms with Crippen molar-refractivity contribution in [3.63, 3.8) is 0 Å². The molecule has 0 radical (unpaired) electrons. The third-order valence-electron chi connectivity index (χ3n) is 5.87. The van der Waals surface area contributed by atoms with Crippen molar-refractivity contribution in [3.05, 3.63) is 70.8 Å². The topological polar surface area (TPSA) is 123 Å². The first-order chi connectivity index (χ1) is 16.3. The van der Waals surface area contributed by atoms with Gasteiger partial charge in [-0.2, -0.15) is 0 Å².